The van der Waals surface area contributed by atoms with E-state index in [4.69, 9.17) is 0 Å². The summed E-state index contributed by atoms with van der Waals surface area (Å²) in [6.07, 6.45) is -0.976. The highest BCUT2D eigenvalue weighted by molar-refractivity contribution is 5.86. The van der Waals surface area contributed by atoms with Gasteiger partial charge in [0.15, 0.2) is 11.6 Å². The van der Waals surface area contributed by atoms with Crippen molar-refractivity contribution in [2.45, 2.75) is 25.5 Å². The van der Waals surface area contributed by atoms with Crippen LogP contribution in [0.1, 0.15) is 25.5 Å². The van der Waals surface area contributed by atoms with Crippen LogP contribution in [0.4, 0.5) is 8.78 Å². The van der Waals surface area contributed by atoms with Gasteiger partial charge in [-0.1, -0.05) is 6.07 Å². The monoisotopic (exact) mass is 298 g/mol. The number of halogens is 2. The second kappa shape index (κ2) is 5.69. The quantitative estimate of drug-likeness (QED) is 0.921. The second-order valence-corrected chi connectivity index (χ2v) is 5.92. The Morgan fingerprint density at radius 2 is 1.95 bits per heavy atom. The number of rotatable bonds is 3. The summed E-state index contributed by atoms with van der Waals surface area (Å²) < 4.78 is 26.1. The van der Waals surface area contributed by atoms with Crippen molar-refractivity contribution in [2.75, 3.05) is 26.7 Å². The van der Waals surface area contributed by atoms with Crippen LogP contribution in [0.15, 0.2) is 18.2 Å². The minimum Gasteiger partial charge on any atom is -0.387 e. The fraction of sp³-hybridized carbons (Fsp3) is 0.533. The molecule has 0 aliphatic carbocycles. The molecular weight excluding hydrogens is 278 g/mol. The predicted octanol–water partition coefficient (Wildman–Crippen LogP) is 1.55. The zero-order valence-electron chi connectivity index (χ0n) is 12.4. The Hall–Kier alpha value is -1.53. The molecule has 1 fully saturated rings. The number of nitrogens with zero attached hydrogens (tertiary/aromatic N) is 2. The number of aliphatic hydroxyl groups excluding tert-OH is 1. The highest BCUT2D eigenvalue weighted by atomic mass is 19.2. The van der Waals surface area contributed by atoms with E-state index in [2.05, 4.69) is 0 Å². The van der Waals surface area contributed by atoms with E-state index in [1.54, 1.807) is 25.8 Å². The number of aliphatic hydroxyl groups is 1. The third-order valence-electron chi connectivity index (χ3n) is 4.09. The van der Waals surface area contributed by atoms with Crippen molar-refractivity contribution in [2.24, 2.45) is 0 Å². The average Bonchev–Trinajstić information content (AvgIpc) is 2.43. The molecule has 1 atom stereocenters. The molecule has 2 rings (SSSR count). The highest BCUT2D eigenvalue weighted by Crippen LogP contribution is 2.25. The zero-order valence-corrected chi connectivity index (χ0v) is 12.4. The minimum absolute atomic E-state index is 0.0220. The average molecular weight is 298 g/mol. The maximum atomic E-state index is 13.2. The van der Waals surface area contributed by atoms with Crippen LogP contribution in [-0.2, 0) is 4.79 Å². The summed E-state index contributed by atoms with van der Waals surface area (Å²) >= 11 is 0. The third-order valence-corrected chi connectivity index (χ3v) is 4.09. The van der Waals surface area contributed by atoms with Crippen LogP contribution < -0.4 is 0 Å². The van der Waals surface area contributed by atoms with Crippen molar-refractivity contribution in [1.82, 2.24) is 9.80 Å². The molecule has 0 radical (unpaired) electrons. The van der Waals surface area contributed by atoms with Gasteiger partial charge in [0.2, 0.25) is 5.91 Å². The van der Waals surface area contributed by atoms with Gasteiger partial charge < -0.3 is 10.0 Å². The normalized spacial score (nSPS) is 20.7. The van der Waals surface area contributed by atoms with Crippen molar-refractivity contribution >= 4 is 5.91 Å². The molecule has 0 bridgehead atoms. The Kier molecular flexibility index (Phi) is 4.30. The van der Waals surface area contributed by atoms with Crippen LogP contribution >= 0.6 is 0 Å². The van der Waals surface area contributed by atoms with Crippen LogP contribution in [0.3, 0.4) is 0 Å². The van der Waals surface area contributed by atoms with E-state index in [1.165, 1.54) is 6.07 Å². The van der Waals surface area contributed by atoms with Gasteiger partial charge in [-0.2, -0.15) is 0 Å². The van der Waals surface area contributed by atoms with Crippen LogP contribution in [0, 0.1) is 11.6 Å². The minimum atomic E-state index is -0.986. The molecule has 1 unspecified atom stereocenters. The Labute approximate surface area is 123 Å². The summed E-state index contributed by atoms with van der Waals surface area (Å²) in [4.78, 5) is 15.7. The zero-order chi connectivity index (χ0) is 15.8. The van der Waals surface area contributed by atoms with Crippen molar-refractivity contribution in [3.05, 3.63) is 35.4 Å². The molecule has 1 amide bonds. The van der Waals surface area contributed by atoms with Crippen molar-refractivity contribution in [1.29, 1.82) is 0 Å². The Morgan fingerprint density at radius 3 is 2.57 bits per heavy atom. The number of carbonyl (C=O) groups is 1. The number of piperazine rings is 1. The van der Waals surface area contributed by atoms with E-state index in [-0.39, 0.29) is 12.5 Å². The lowest BCUT2D eigenvalue weighted by molar-refractivity contribution is -0.148. The molecule has 1 aromatic carbocycles. The summed E-state index contributed by atoms with van der Waals surface area (Å²) in [7, 11) is 1.74. The van der Waals surface area contributed by atoms with Crippen LogP contribution in [0.2, 0.25) is 0 Å². The highest BCUT2D eigenvalue weighted by Gasteiger charge is 2.41. The Bertz CT molecular complexity index is 548. The molecule has 1 aromatic rings. The summed E-state index contributed by atoms with van der Waals surface area (Å²) in [6.45, 7) is 4.98. The lowest BCUT2D eigenvalue weighted by atomic mass is 9.96. The number of benzene rings is 1. The first-order valence-corrected chi connectivity index (χ1v) is 6.87. The summed E-state index contributed by atoms with van der Waals surface area (Å²) in [6, 6.07) is 3.34. The maximum Gasteiger partial charge on any atom is 0.242 e. The third kappa shape index (κ3) is 3.06. The molecule has 1 N–H and O–H groups in total. The Balaban J connectivity index is 2.13. The lowest BCUT2D eigenvalue weighted by Gasteiger charge is -2.45. The number of β-amino-alcohol motifs (C(OH)–C–C–N with tert-alkyl or cyclic N) is 1. The van der Waals surface area contributed by atoms with Crippen LogP contribution in [0.5, 0.6) is 0 Å². The van der Waals surface area contributed by atoms with Gasteiger partial charge in [-0.05, 0) is 31.5 Å². The lowest BCUT2D eigenvalue weighted by Crippen LogP contribution is -2.62. The number of amides is 1. The first-order chi connectivity index (χ1) is 9.73. The van der Waals surface area contributed by atoms with Gasteiger partial charge >= 0.3 is 0 Å². The molecule has 21 heavy (non-hydrogen) atoms. The van der Waals surface area contributed by atoms with Gasteiger partial charge in [0, 0.05) is 26.7 Å². The summed E-state index contributed by atoms with van der Waals surface area (Å²) in [5, 5.41) is 10.2. The van der Waals surface area contributed by atoms with E-state index >= 15 is 0 Å². The summed E-state index contributed by atoms with van der Waals surface area (Å²) in [5.41, 5.74) is -0.428. The largest absolute Gasteiger partial charge is 0.387 e. The molecule has 1 aliphatic heterocycles. The molecule has 4 nitrogen and oxygen atoms in total. The van der Waals surface area contributed by atoms with Gasteiger partial charge in [0.25, 0.3) is 0 Å². The van der Waals surface area contributed by atoms with Gasteiger partial charge in [-0.15, -0.1) is 0 Å². The van der Waals surface area contributed by atoms with E-state index in [1.807, 2.05) is 4.90 Å². The van der Waals surface area contributed by atoms with Crippen LogP contribution in [0.25, 0.3) is 0 Å². The molecular formula is C15H20F2N2O2. The first-order valence-electron chi connectivity index (χ1n) is 6.87. The molecule has 0 aromatic heterocycles. The molecule has 0 spiro atoms. The van der Waals surface area contributed by atoms with Crippen molar-refractivity contribution in [3.63, 3.8) is 0 Å². The fourth-order valence-electron chi connectivity index (χ4n) is 2.61. The van der Waals surface area contributed by atoms with Crippen molar-refractivity contribution in [3.8, 4) is 0 Å². The fourth-order valence-corrected chi connectivity index (χ4v) is 2.61. The Morgan fingerprint density at radius 1 is 1.29 bits per heavy atom. The van der Waals surface area contributed by atoms with E-state index in [9.17, 15) is 18.7 Å². The second-order valence-electron chi connectivity index (χ2n) is 5.92. The molecule has 6 heteroatoms. The van der Waals surface area contributed by atoms with Gasteiger partial charge in [0.1, 0.15) is 0 Å². The van der Waals surface area contributed by atoms with Gasteiger partial charge in [-0.25, -0.2) is 8.78 Å². The molecule has 116 valence electrons. The standard InChI is InChI=1S/C15H20F2N2O2/c1-15(2)14(21)18(3)6-7-19(15)9-13(20)10-4-5-11(16)12(17)8-10/h4-5,8,13,20H,6-7,9H2,1-3H3. The molecule has 1 aliphatic rings. The van der Waals surface area contributed by atoms with Crippen LogP contribution in [-0.4, -0.2) is 53.0 Å². The smallest absolute Gasteiger partial charge is 0.242 e. The number of likely N-dealkylation sites (N-methyl/N-ethyl adjacent to an activating group) is 1. The van der Waals surface area contributed by atoms with Crippen molar-refractivity contribution < 1.29 is 18.7 Å². The topological polar surface area (TPSA) is 43.8 Å². The maximum absolute atomic E-state index is 13.2. The van der Waals surface area contributed by atoms with E-state index < -0.39 is 23.3 Å². The number of carbonyl (C=O) groups excluding carboxylic acids is 1. The molecule has 0 saturated carbocycles. The molecule has 1 saturated heterocycles. The molecule has 1 heterocycles. The first kappa shape index (κ1) is 15.9. The summed E-state index contributed by atoms with van der Waals surface area (Å²) in [5.74, 6) is -1.95. The number of hydrogen-bond acceptors (Lipinski definition) is 3. The SMILES string of the molecule is CN1CCN(CC(O)c2ccc(F)c(F)c2)C(C)(C)C1=O. The van der Waals surface area contributed by atoms with Gasteiger partial charge in [0.05, 0.1) is 11.6 Å². The van der Waals surface area contributed by atoms with E-state index in [0.29, 0.717) is 18.7 Å². The predicted molar refractivity (Wildman–Crippen MR) is 74.6 cm³/mol. The van der Waals surface area contributed by atoms with E-state index in [0.717, 1.165) is 12.1 Å². The number of hydrogen-bond donors (Lipinski definition) is 1. The van der Waals surface area contributed by atoms with Gasteiger partial charge in [-0.3, -0.25) is 9.69 Å².